The second-order valence-corrected chi connectivity index (χ2v) is 5.46. The van der Waals surface area contributed by atoms with Crippen LogP contribution in [-0.2, 0) is 6.54 Å². The molecule has 3 rings (SSSR count). The molecule has 0 aliphatic heterocycles. The Labute approximate surface area is 102 Å². The van der Waals surface area contributed by atoms with Crippen LogP contribution in [0.25, 0.3) is 11.0 Å². The first-order chi connectivity index (χ1) is 8.17. The molecule has 3 heteroatoms. The van der Waals surface area contributed by atoms with Crippen molar-refractivity contribution >= 4 is 11.0 Å². The number of aromatic nitrogens is 2. The third-order valence-corrected chi connectivity index (χ3v) is 4.10. The van der Waals surface area contributed by atoms with Crippen molar-refractivity contribution < 1.29 is 0 Å². The molecule has 17 heavy (non-hydrogen) atoms. The highest BCUT2D eigenvalue weighted by molar-refractivity contribution is 5.74. The second kappa shape index (κ2) is 3.84. The Kier molecular flexibility index (Phi) is 2.44. The number of hydrogen-bond acceptors (Lipinski definition) is 2. The number of benzene rings is 1. The lowest BCUT2D eigenvalue weighted by Gasteiger charge is -2.19. The van der Waals surface area contributed by atoms with Gasteiger partial charge in [-0.2, -0.15) is 0 Å². The molecule has 1 aromatic heterocycles. The molecule has 1 fully saturated rings. The average Bonchev–Trinajstić information content (AvgIpc) is 2.95. The van der Waals surface area contributed by atoms with Crippen LogP contribution in [0.2, 0.25) is 0 Å². The minimum atomic E-state index is 0.520. The summed E-state index contributed by atoms with van der Waals surface area (Å²) in [6.45, 7) is 5.45. The van der Waals surface area contributed by atoms with Crippen LogP contribution in [0.5, 0.6) is 0 Å². The highest BCUT2D eigenvalue weighted by Crippen LogP contribution is 2.47. The molecule has 1 saturated carbocycles. The van der Waals surface area contributed by atoms with Gasteiger partial charge in [-0.1, -0.05) is 19.1 Å². The molecule has 1 aliphatic carbocycles. The van der Waals surface area contributed by atoms with Gasteiger partial charge < -0.3 is 10.3 Å². The molecular formula is C14H19N3. The highest BCUT2D eigenvalue weighted by atomic mass is 15.0. The third kappa shape index (κ3) is 2.07. The summed E-state index contributed by atoms with van der Waals surface area (Å²) >= 11 is 0. The molecule has 1 aromatic carbocycles. The van der Waals surface area contributed by atoms with Gasteiger partial charge in [-0.15, -0.1) is 0 Å². The number of imidazole rings is 1. The predicted molar refractivity (Wildman–Crippen MR) is 69.7 cm³/mol. The number of H-pyrrole nitrogens is 1. The van der Waals surface area contributed by atoms with E-state index in [-0.39, 0.29) is 0 Å². The van der Waals surface area contributed by atoms with Crippen LogP contribution in [0.15, 0.2) is 24.3 Å². The first-order valence-electron chi connectivity index (χ1n) is 6.34. The van der Waals surface area contributed by atoms with Crippen LogP contribution in [0, 0.1) is 5.41 Å². The molecule has 2 N–H and O–H groups in total. The fourth-order valence-corrected chi connectivity index (χ4v) is 2.22. The summed E-state index contributed by atoms with van der Waals surface area (Å²) in [5.41, 5.74) is 2.69. The quantitative estimate of drug-likeness (QED) is 0.846. The standard InChI is InChI=1S/C14H19N3/c1-10(14(2)7-8-14)15-9-13-16-11-5-3-4-6-12(11)17-13/h3-6,10,15H,7-9H2,1-2H3,(H,16,17). The topological polar surface area (TPSA) is 40.7 Å². The van der Waals surface area contributed by atoms with Crippen molar-refractivity contribution in [3.63, 3.8) is 0 Å². The second-order valence-electron chi connectivity index (χ2n) is 5.46. The molecule has 3 nitrogen and oxygen atoms in total. The van der Waals surface area contributed by atoms with Gasteiger partial charge in [-0.05, 0) is 37.3 Å². The maximum Gasteiger partial charge on any atom is 0.121 e. The molecule has 1 aliphatic rings. The van der Waals surface area contributed by atoms with E-state index in [1.807, 2.05) is 18.2 Å². The summed E-state index contributed by atoms with van der Waals surface area (Å²) in [6, 6.07) is 8.73. The lowest BCUT2D eigenvalue weighted by molar-refractivity contribution is 0.377. The Morgan fingerprint density at radius 2 is 2.18 bits per heavy atom. The van der Waals surface area contributed by atoms with Gasteiger partial charge in [0.1, 0.15) is 5.82 Å². The van der Waals surface area contributed by atoms with E-state index < -0.39 is 0 Å². The van der Waals surface area contributed by atoms with Gasteiger partial charge in [0.25, 0.3) is 0 Å². The number of nitrogens with one attached hydrogen (secondary N) is 2. The van der Waals surface area contributed by atoms with Crippen LogP contribution in [0.3, 0.4) is 0 Å². The SMILES string of the molecule is CC(NCc1nc2ccccc2[nH]1)C1(C)CC1. The lowest BCUT2D eigenvalue weighted by atomic mass is 10.0. The van der Waals surface area contributed by atoms with E-state index in [1.54, 1.807) is 0 Å². The largest absolute Gasteiger partial charge is 0.341 e. The first kappa shape index (κ1) is 10.8. The van der Waals surface area contributed by atoms with Crippen LogP contribution < -0.4 is 5.32 Å². The Balaban J connectivity index is 1.68. The Morgan fingerprint density at radius 3 is 2.88 bits per heavy atom. The van der Waals surface area contributed by atoms with Gasteiger partial charge in [-0.3, -0.25) is 0 Å². The molecule has 1 unspecified atom stereocenters. The van der Waals surface area contributed by atoms with Crippen molar-refractivity contribution in [1.29, 1.82) is 0 Å². The Bertz CT molecular complexity index is 492. The number of para-hydroxylation sites is 2. The molecular weight excluding hydrogens is 210 g/mol. The van der Waals surface area contributed by atoms with E-state index in [2.05, 4.69) is 35.2 Å². The third-order valence-electron chi connectivity index (χ3n) is 4.10. The van der Waals surface area contributed by atoms with Crippen LogP contribution in [-0.4, -0.2) is 16.0 Å². The van der Waals surface area contributed by atoms with Gasteiger partial charge in [0, 0.05) is 6.04 Å². The van der Waals surface area contributed by atoms with Crippen molar-refractivity contribution in [2.75, 3.05) is 0 Å². The number of aromatic amines is 1. The molecule has 0 radical (unpaired) electrons. The zero-order chi connectivity index (χ0) is 11.9. The fraction of sp³-hybridized carbons (Fsp3) is 0.500. The van der Waals surface area contributed by atoms with E-state index in [1.165, 1.54) is 12.8 Å². The summed E-state index contributed by atoms with van der Waals surface area (Å²) in [6.07, 6.45) is 2.70. The summed E-state index contributed by atoms with van der Waals surface area (Å²) in [5, 5.41) is 3.57. The van der Waals surface area contributed by atoms with Crippen molar-refractivity contribution in [2.24, 2.45) is 5.41 Å². The lowest BCUT2D eigenvalue weighted by Crippen LogP contribution is -2.33. The predicted octanol–water partition coefficient (Wildman–Crippen LogP) is 2.84. The number of fused-ring (bicyclic) bond motifs is 1. The highest BCUT2D eigenvalue weighted by Gasteiger charge is 2.42. The summed E-state index contributed by atoms with van der Waals surface area (Å²) in [5.74, 6) is 1.03. The molecule has 1 atom stereocenters. The van der Waals surface area contributed by atoms with Gasteiger partial charge in [0.05, 0.1) is 17.6 Å². The van der Waals surface area contributed by atoms with Gasteiger partial charge in [0.2, 0.25) is 0 Å². The molecule has 0 spiro atoms. The van der Waals surface area contributed by atoms with Gasteiger partial charge in [0.15, 0.2) is 0 Å². The monoisotopic (exact) mass is 229 g/mol. The molecule has 2 aromatic rings. The normalized spacial score (nSPS) is 19.4. The van der Waals surface area contributed by atoms with E-state index in [0.29, 0.717) is 11.5 Å². The van der Waals surface area contributed by atoms with E-state index in [0.717, 1.165) is 23.4 Å². The first-order valence-corrected chi connectivity index (χ1v) is 6.34. The zero-order valence-corrected chi connectivity index (χ0v) is 10.5. The van der Waals surface area contributed by atoms with Gasteiger partial charge >= 0.3 is 0 Å². The summed E-state index contributed by atoms with van der Waals surface area (Å²) in [4.78, 5) is 7.92. The maximum absolute atomic E-state index is 4.57. The van der Waals surface area contributed by atoms with Crippen LogP contribution in [0.1, 0.15) is 32.5 Å². The van der Waals surface area contributed by atoms with Crippen molar-refractivity contribution in [1.82, 2.24) is 15.3 Å². The summed E-state index contributed by atoms with van der Waals surface area (Å²) < 4.78 is 0. The minimum absolute atomic E-state index is 0.520. The van der Waals surface area contributed by atoms with E-state index >= 15 is 0 Å². The van der Waals surface area contributed by atoms with E-state index in [4.69, 9.17) is 0 Å². The average molecular weight is 229 g/mol. The van der Waals surface area contributed by atoms with Crippen molar-refractivity contribution in [2.45, 2.75) is 39.3 Å². The Morgan fingerprint density at radius 1 is 1.41 bits per heavy atom. The van der Waals surface area contributed by atoms with Crippen molar-refractivity contribution in [3.8, 4) is 0 Å². The van der Waals surface area contributed by atoms with Gasteiger partial charge in [-0.25, -0.2) is 4.98 Å². The minimum Gasteiger partial charge on any atom is -0.341 e. The Hall–Kier alpha value is -1.35. The molecule has 0 saturated heterocycles. The maximum atomic E-state index is 4.57. The zero-order valence-electron chi connectivity index (χ0n) is 10.5. The summed E-state index contributed by atoms with van der Waals surface area (Å²) in [7, 11) is 0. The molecule has 0 bridgehead atoms. The van der Waals surface area contributed by atoms with E-state index in [9.17, 15) is 0 Å². The molecule has 0 amide bonds. The van der Waals surface area contributed by atoms with Crippen LogP contribution >= 0.6 is 0 Å². The van der Waals surface area contributed by atoms with Crippen molar-refractivity contribution in [3.05, 3.63) is 30.1 Å². The molecule has 90 valence electrons. The number of rotatable bonds is 4. The van der Waals surface area contributed by atoms with Crippen LogP contribution in [0.4, 0.5) is 0 Å². The number of hydrogen-bond donors (Lipinski definition) is 2. The molecule has 1 heterocycles. The smallest absolute Gasteiger partial charge is 0.121 e. The fourth-order valence-electron chi connectivity index (χ4n) is 2.22. The number of nitrogens with zero attached hydrogens (tertiary/aromatic N) is 1.